The van der Waals surface area contributed by atoms with Gasteiger partial charge in [-0.3, -0.25) is 14.5 Å². The van der Waals surface area contributed by atoms with Gasteiger partial charge in [-0.15, -0.1) is 0 Å². The molecule has 0 aliphatic carbocycles. The molecule has 5 nitrogen and oxygen atoms in total. The molecule has 1 unspecified atom stereocenters. The number of rotatable bonds is 5. The molecule has 3 rings (SSSR count). The zero-order valence-corrected chi connectivity index (χ0v) is 14.3. The zero-order valence-electron chi connectivity index (χ0n) is 14.3. The van der Waals surface area contributed by atoms with E-state index in [1.165, 1.54) is 7.11 Å². The molecule has 25 heavy (non-hydrogen) atoms. The van der Waals surface area contributed by atoms with Crippen LogP contribution in [0.4, 0.5) is 5.69 Å². The van der Waals surface area contributed by atoms with Gasteiger partial charge >= 0.3 is 5.97 Å². The molecule has 1 N–H and O–H groups in total. The Morgan fingerprint density at radius 3 is 2.60 bits per heavy atom. The summed E-state index contributed by atoms with van der Waals surface area (Å²) in [5, 5.41) is 2.98. The van der Waals surface area contributed by atoms with Crippen molar-refractivity contribution < 1.29 is 14.3 Å². The van der Waals surface area contributed by atoms with Crippen molar-refractivity contribution in [2.24, 2.45) is 0 Å². The summed E-state index contributed by atoms with van der Waals surface area (Å²) in [6.45, 7) is 1.45. The van der Waals surface area contributed by atoms with E-state index in [0.29, 0.717) is 12.1 Å². The van der Waals surface area contributed by atoms with Crippen molar-refractivity contribution in [3.63, 3.8) is 0 Å². The monoisotopic (exact) mass is 338 g/mol. The van der Waals surface area contributed by atoms with Crippen LogP contribution in [0.2, 0.25) is 0 Å². The van der Waals surface area contributed by atoms with Crippen molar-refractivity contribution in [3.8, 4) is 0 Å². The second-order valence-corrected chi connectivity index (χ2v) is 6.13. The molecule has 1 aliphatic heterocycles. The number of para-hydroxylation sites is 1. The minimum absolute atomic E-state index is 0.140. The first-order chi connectivity index (χ1) is 12.2. The van der Waals surface area contributed by atoms with Gasteiger partial charge in [-0.25, -0.2) is 0 Å². The van der Waals surface area contributed by atoms with Crippen LogP contribution in [0.15, 0.2) is 54.6 Å². The van der Waals surface area contributed by atoms with E-state index in [2.05, 4.69) is 10.2 Å². The van der Waals surface area contributed by atoms with Crippen molar-refractivity contribution in [1.82, 2.24) is 4.90 Å². The van der Waals surface area contributed by atoms with Gasteiger partial charge in [-0.1, -0.05) is 36.4 Å². The molecule has 5 heteroatoms. The van der Waals surface area contributed by atoms with E-state index >= 15 is 0 Å². The lowest BCUT2D eigenvalue weighted by atomic mass is 10.1. The molecule has 2 aromatic carbocycles. The van der Waals surface area contributed by atoms with Gasteiger partial charge in [-0.05, 0) is 43.1 Å². The summed E-state index contributed by atoms with van der Waals surface area (Å²) in [7, 11) is 1.42. The molecular formula is C20H22N2O3. The number of nitrogens with zero attached hydrogens (tertiary/aromatic N) is 1. The Hall–Kier alpha value is -2.66. The van der Waals surface area contributed by atoms with Crippen LogP contribution < -0.4 is 5.32 Å². The maximum Gasteiger partial charge on any atom is 0.323 e. The predicted molar refractivity (Wildman–Crippen MR) is 96.3 cm³/mol. The van der Waals surface area contributed by atoms with E-state index in [9.17, 15) is 9.59 Å². The molecule has 0 radical (unpaired) electrons. The fraction of sp³-hybridized carbons (Fsp3) is 0.300. The van der Waals surface area contributed by atoms with Crippen LogP contribution >= 0.6 is 0 Å². The molecule has 1 atom stereocenters. The maximum atomic E-state index is 12.4. The number of amides is 1. The number of benzene rings is 2. The van der Waals surface area contributed by atoms with Crippen molar-refractivity contribution in [3.05, 3.63) is 65.7 Å². The minimum atomic E-state index is -0.206. The number of nitrogens with one attached hydrogen (secondary N) is 1. The molecule has 1 saturated heterocycles. The van der Waals surface area contributed by atoms with Gasteiger partial charge in [0.1, 0.15) is 6.04 Å². The molecule has 0 spiro atoms. The Morgan fingerprint density at radius 1 is 1.12 bits per heavy atom. The fourth-order valence-corrected chi connectivity index (χ4v) is 3.20. The number of carbonyl (C=O) groups excluding carboxylic acids is 2. The molecular weight excluding hydrogens is 316 g/mol. The first-order valence-electron chi connectivity index (χ1n) is 8.45. The van der Waals surface area contributed by atoms with Gasteiger partial charge in [0.05, 0.1) is 7.11 Å². The minimum Gasteiger partial charge on any atom is -0.468 e. The highest BCUT2D eigenvalue weighted by Gasteiger charge is 2.31. The summed E-state index contributed by atoms with van der Waals surface area (Å²) < 4.78 is 4.90. The van der Waals surface area contributed by atoms with E-state index in [1.807, 2.05) is 42.5 Å². The second kappa shape index (κ2) is 7.94. The molecule has 1 fully saturated rings. The zero-order chi connectivity index (χ0) is 17.6. The number of carbonyl (C=O) groups is 2. The molecule has 1 aliphatic rings. The average Bonchev–Trinajstić information content (AvgIpc) is 3.11. The fourth-order valence-electron chi connectivity index (χ4n) is 3.20. The Bertz CT molecular complexity index is 746. The van der Waals surface area contributed by atoms with Gasteiger partial charge in [0.2, 0.25) is 0 Å². The molecule has 1 heterocycles. The van der Waals surface area contributed by atoms with Gasteiger partial charge in [0.15, 0.2) is 0 Å². The number of hydrogen-bond acceptors (Lipinski definition) is 4. The van der Waals surface area contributed by atoms with E-state index < -0.39 is 0 Å². The number of methoxy groups -OCH3 is 1. The summed E-state index contributed by atoms with van der Waals surface area (Å²) in [6, 6.07) is 16.6. The largest absolute Gasteiger partial charge is 0.468 e. The topological polar surface area (TPSA) is 58.6 Å². The Balaban J connectivity index is 1.75. The normalized spacial score (nSPS) is 17.2. The highest BCUT2D eigenvalue weighted by atomic mass is 16.5. The van der Waals surface area contributed by atoms with E-state index in [-0.39, 0.29) is 17.9 Å². The van der Waals surface area contributed by atoms with Crippen LogP contribution in [0.5, 0.6) is 0 Å². The smallest absolute Gasteiger partial charge is 0.323 e. The lowest BCUT2D eigenvalue weighted by Gasteiger charge is -2.23. The number of anilines is 1. The van der Waals surface area contributed by atoms with Crippen molar-refractivity contribution in [1.29, 1.82) is 0 Å². The van der Waals surface area contributed by atoms with E-state index in [1.54, 1.807) is 12.1 Å². The average molecular weight is 338 g/mol. The lowest BCUT2D eigenvalue weighted by molar-refractivity contribution is -0.146. The maximum absolute atomic E-state index is 12.4. The molecule has 1 amide bonds. The Morgan fingerprint density at radius 2 is 1.84 bits per heavy atom. The molecule has 0 aromatic heterocycles. The number of likely N-dealkylation sites (tertiary alicyclic amines) is 1. The summed E-state index contributed by atoms with van der Waals surface area (Å²) in [5.74, 6) is -0.331. The van der Waals surface area contributed by atoms with Gasteiger partial charge in [0.25, 0.3) is 5.91 Å². The van der Waals surface area contributed by atoms with Gasteiger partial charge < -0.3 is 10.1 Å². The van der Waals surface area contributed by atoms with Crippen molar-refractivity contribution in [2.75, 3.05) is 19.0 Å². The molecule has 0 saturated carbocycles. The van der Waals surface area contributed by atoms with Gasteiger partial charge in [0, 0.05) is 17.8 Å². The first-order valence-corrected chi connectivity index (χ1v) is 8.45. The third-order valence-corrected chi connectivity index (χ3v) is 4.51. The van der Waals surface area contributed by atoms with Crippen LogP contribution in [0.25, 0.3) is 0 Å². The first kappa shape index (κ1) is 17.2. The van der Waals surface area contributed by atoms with Crippen LogP contribution in [0.3, 0.4) is 0 Å². The predicted octanol–water partition coefficient (Wildman–Crippen LogP) is 3.08. The quantitative estimate of drug-likeness (QED) is 0.851. The van der Waals surface area contributed by atoms with Crippen molar-refractivity contribution >= 4 is 17.6 Å². The third kappa shape index (κ3) is 4.06. The highest BCUT2D eigenvalue weighted by molar-refractivity contribution is 6.04. The Labute approximate surface area is 147 Å². The SMILES string of the molecule is COC(=O)C1CCCN1Cc1ccccc1NC(=O)c1ccccc1. The van der Waals surface area contributed by atoms with Crippen LogP contribution in [0.1, 0.15) is 28.8 Å². The van der Waals surface area contributed by atoms with Crippen LogP contribution in [0, 0.1) is 0 Å². The third-order valence-electron chi connectivity index (χ3n) is 4.51. The number of hydrogen-bond donors (Lipinski definition) is 1. The summed E-state index contributed by atoms with van der Waals surface area (Å²) in [6.07, 6.45) is 1.78. The summed E-state index contributed by atoms with van der Waals surface area (Å²) >= 11 is 0. The number of esters is 1. The van der Waals surface area contributed by atoms with Gasteiger partial charge in [-0.2, -0.15) is 0 Å². The second-order valence-electron chi connectivity index (χ2n) is 6.13. The lowest BCUT2D eigenvalue weighted by Crippen LogP contribution is -2.36. The van der Waals surface area contributed by atoms with Crippen molar-refractivity contribution in [2.45, 2.75) is 25.4 Å². The van der Waals surface area contributed by atoms with E-state index in [0.717, 1.165) is 30.6 Å². The number of ether oxygens (including phenoxy) is 1. The Kier molecular flexibility index (Phi) is 5.46. The highest BCUT2D eigenvalue weighted by Crippen LogP contribution is 2.24. The van der Waals surface area contributed by atoms with Crippen LogP contribution in [-0.2, 0) is 16.1 Å². The molecule has 130 valence electrons. The van der Waals surface area contributed by atoms with Crippen LogP contribution in [-0.4, -0.2) is 36.5 Å². The molecule has 2 aromatic rings. The standard InChI is InChI=1S/C20H22N2O3/c1-25-20(24)18-12-7-13-22(18)14-16-10-5-6-11-17(16)21-19(23)15-8-3-2-4-9-15/h2-6,8-11,18H,7,12-14H2,1H3,(H,21,23). The van der Waals surface area contributed by atoms with E-state index in [4.69, 9.17) is 4.74 Å². The summed E-state index contributed by atoms with van der Waals surface area (Å²) in [4.78, 5) is 26.5. The summed E-state index contributed by atoms with van der Waals surface area (Å²) in [5.41, 5.74) is 2.38. The molecule has 0 bridgehead atoms.